The molecule has 2 unspecified atom stereocenters. The summed E-state index contributed by atoms with van der Waals surface area (Å²) in [5, 5.41) is 3.63. The third kappa shape index (κ3) is 3.14. The third-order valence-corrected chi connectivity index (χ3v) is 3.85. The molecule has 0 spiro atoms. The van der Waals surface area contributed by atoms with Gasteiger partial charge in [0.05, 0.1) is 0 Å². The van der Waals surface area contributed by atoms with E-state index in [1.54, 1.807) is 0 Å². The van der Waals surface area contributed by atoms with Crippen LogP contribution in [0.15, 0.2) is 12.4 Å². The van der Waals surface area contributed by atoms with Gasteiger partial charge in [-0.05, 0) is 46.0 Å². The van der Waals surface area contributed by atoms with Crippen molar-refractivity contribution in [2.75, 3.05) is 6.54 Å². The van der Waals surface area contributed by atoms with E-state index in [-0.39, 0.29) is 5.54 Å². The van der Waals surface area contributed by atoms with Crippen LogP contribution in [-0.4, -0.2) is 21.6 Å². The minimum Gasteiger partial charge on any atom is -0.332 e. The number of nitrogens with zero attached hydrogens (tertiary/aromatic N) is 2. The maximum Gasteiger partial charge on any atom is 0.108 e. The highest BCUT2D eigenvalue weighted by molar-refractivity contribution is 5.00. The van der Waals surface area contributed by atoms with E-state index in [9.17, 15) is 0 Å². The average Bonchev–Trinajstić information content (AvgIpc) is 2.64. The lowest BCUT2D eigenvalue weighted by molar-refractivity contribution is 0.162. The van der Waals surface area contributed by atoms with Gasteiger partial charge in [0.1, 0.15) is 5.82 Å². The van der Waals surface area contributed by atoms with E-state index in [0.29, 0.717) is 6.04 Å². The van der Waals surface area contributed by atoms with Crippen LogP contribution < -0.4 is 5.32 Å². The van der Waals surface area contributed by atoms with E-state index < -0.39 is 0 Å². The monoisotopic (exact) mass is 249 g/mol. The van der Waals surface area contributed by atoms with Crippen molar-refractivity contribution < 1.29 is 0 Å². The van der Waals surface area contributed by atoms with Crippen molar-refractivity contribution >= 4 is 0 Å². The van der Waals surface area contributed by atoms with Gasteiger partial charge in [-0.3, -0.25) is 0 Å². The molecule has 1 saturated carbocycles. The Bertz CT molecular complexity index is 375. The molecular weight excluding hydrogens is 222 g/mol. The fourth-order valence-electron chi connectivity index (χ4n) is 2.66. The molecule has 0 saturated heterocycles. The second kappa shape index (κ2) is 5.43. The van der Waals surface area contributed by atoms with Crippen molar-refractivity contribution in [3.05, 3.63) is 18.2 Å². The molecule has 3 nitrogen and oxygen atoms in total. The van der Waals surface area contributed by atoms with Crippen molar-refractivity contribution in [2.24, 2.45) is 5.92 Å². The normalized spacial score (nSPS) is 24.0. The second-order valence-electron chi connectivity index (χ2n) is 6.54. The number of hydrogen-bond donors (Lipinski definition) is 1. The number of hydrogen-bond acceptors (Lipinski definition) is 2. The quantitative estimate of drug-likeness (QED) is 0.868. The summed E-state index contributed by atoms with van der Waals surface area (Å²) < 4.78 is 2.42. The molecule has 18 heavy (non-hydrogen) atoms. The van der Waals surface area contributed by atoms with Crippen molar-refractivity contribution in [2.45, 2.75) is 65.0 Å². The largest absolute Gasteiger partial charge is 0.332 e. The van der Waals surface area contributed by atoms with Crippen molar-refractivity contribution in [1.29, 1.82) is 0 Å². The van der Waals surface area contributed by atoms with Crippen LogP contribution in [-0.2, 0) is 6.42 Å². The Morgan fingerprint density at radius 2 is 2.17 bits per heavy atom. The molecule has 1 aliphatic rings. The lowest BCUT2D eigenvalue weighted by Gasteiger charge is -2.40. The Balaban J connectivity index is 1.95. The van der Waals surface area contributed by atoms with Crippen molar-refractivity contribution in [3.63, 3.8) is 0 Å². The van der Waals surface area contributed by atoms with Crippen LogP contribution >= 0.6 is 0 Å². The molecule has 0 amide bonds. The molecule has 0 aliphatic heterocycles. The maximum atomic E-state index is 4.49. The third-order valence-electron chi connectivity index (χ3n) is 3.85. The van der Waals surface area contributed by atoms with Gasteiger partial charge >= 0.3 is 0 Å². The summed E-state index contributed by atoms with van der Waals surface area (Å²) >= 11 is 0. The number of aryl methyl sites for hydroxylation is 1. The Hall–Kier alpha value is -0.830. The van der Waals surface area contributed by atoms with E-state index in [2.05, 4.69) is 48.8 Å². The molecule has 2 atom stereocenters. The molecule has 3 heteroatoms. The van der Waals surface area contributed by atoms with Crippen LogP contribution in [0.4, 0.5) is 0 Å². The van der Waals surface area contributed by atoms with Crippen molar-refractivity contribution in [1.82, 2.24) is 14.9 Å². The summed E-state index contributed by atoms with van der Waals surface area (Å²) in [6, 6.07) is 0.670. The fraction of sp³-hybridized carbons (Fsp3) is 0.800. The molecule has 1 heterocycles. The van der Waals surface area contributed by atoms with Gasteiger partial charge in [0.2, 0.25) is 0 Å². The van der Waals surface area contributed by atoms with Gasteiger partial charge in [-0.25, -0.2) is 4.98 Å². The smallest absolute Gasteiger partial charge is 0.108 e. The van der Waals surface area contributed by atoms with Gasteiger partial charge in [0.25, 0.3) is 0 Å². The van der Waals surface area contributed by atoms with E-state index >= 15 is 0 Å². The average molecular weight is 249 g/mol. The molecule has 1 fully saturated rings. The summed E-state index contributed by atoms with van der Waals surface area (Å²) in [6.45, 7) is 10.1. The molecule has 2 rings (SSSR count). The van der Waals surface area contributed by atoms with Crippen LogP contribution in [0.3, 0.4) is 0 Å². The minimum atomic E-state index is 0.224. The zero-order valence-corrected chi connectivity index (χ0v) is 12.2. The summed E-state index contributed by atoms with van der Waals surface area (Å²) in [4.78, 5) is 4.49. The lowest BCUT2D eigenvalue weighted by atomic mass is 9.78. The number of aromatic nitrogens is 2. The molecule has 1 aliphatic carbocycles. The van der Waals surface area contributed by atoms with Gasteiger partial charge in [-0.2, -0.15) is 0 Å². The van der Waals surface area contributed by atoms with Crippen molar-refractivity contribution in [3.8, 4) is 0 Å². The Labute approximate surface area is 111 Å². The Morgan fingerprint density at radius 3 is 2.72 bits per heavy atom. The van der Waals surface area contributed by atoms with E-state index in [0.717, 1.165) is 18.9 Å². The van der Waals surface area contributed by atoms with Crippen LogP contribution in [0.1, 0.15) is 58.8 Å². The van der Waals surface area contributed by atoms with E-state index in [1.807, 2.05) is 6.20 Å². The number of imidazole rings is 1. The van der Waals surface area contributed by atoms with Gasteiger partial charge in [-0.15, -0.1) is 0 Å². The first-order chi connectivity index (χ1) is 8.51. The van der Waals surface area contributed by atoms with Gasteiger partial charge in [0.15, 0.2) is 0 Å². The number of rotatable bonds is 5. The first-order valence-corrected chi connectivity index (χ1v) is 7.28. The number of nitrogens with one attached hydrogen (secondary N) is 1. The molecule has 0 aromatic carbocycles. The van der Waals surface area contributed by atoms with E-state index in [1.165, 1.54) is 25.1 Å². The molecule has 1 N–H and O–H groups in total. The zero-order chi connectivity index (χ0) is 13.2. The summed E-state index contributed by atoms with van der Waals surface area (Å²) in [7, 11) is 0. The molecule has 1 aromatic heterocycles. The lowest BCUT2D eigenvalue weighted by Crippen LogP contribution is -2.44. The standard InChI is InChI=1S/C15H27N3/c1-5-6-14-16-9-10-18(14)13-8-7-12(13)11-17-15(2,3)4/h9-10,12-13,17H,5-8,11H2,1-4H3. The Kier molecular flexibility index (Phi) is 4.10. The van der Waals surface area contributed by atoms with Gasteiger partial charge in [-0.1, -0.05) is 6.92 Å². The van der Waals surface area contributed by atoms with Gasteiger partial charge in [0, 0.05) is 36.9 Å². The first kappa shape index (κ1) is 13.6. The van der Waals surface area contributed by atoms with Crippen LogP contribution in [0.2, 0.25) is 0 Å². The van der Waals surface area contributed by atoms with Crippen LogP contribution in [0.5, 0.6) is 0 Å². The minimum absolute atomic E-state index is 0.224. The highest BCUT2D eigenvalue weighted by atomic mass is 15.1. The zero-order valence-electron chi connectivity index (χ0n) is 12.2. The summed E-state index contributed by atoms with van der Waals surface area (Å²) in [6.07, 6.45) is 9.05. The molecule has 1 aromatic rings. The fourth-order valence-corrected chi connectivity index (χ4v) is 2.66. The molecule has 0 radical (unpaired) electrons. The predicted octanol–water partition coefficient (Wildman–Crippen LogP) is 3.17. The van der Waals surface area contributed by atoms with E-state index in [4.69, 9.17) is 0 Å². The highest BCUT2D eigenvalue weighted by Crippen LogP contribution is 2.39. The highest BCUT2D eigenvalue weighted by Gasteiger charge is 2.33. The summed E-state index contributed by atoms with van der Waals surface area (Å²) in [5.41, 5.74) is 0.224. The molecular formula is C15H27N3. The van der Waals surface area contributed by atoms with Crippen LogP contribution in [0.25, 0.3) is 0 Å². The second-order valence-corrected chi connectivity index (χ2v) is 6.54. The summed E-state index contributed by atoms with van der Waals surface area (Å²) in [5.74, 6) is 2.04. The van der Waals surface area contributed by atoms with Crippen LogP contribution in [0, 0.1) is 5.92 Å². The maximum absolute atomic E-state index is 4.49. The topological polar surface area (TPSA) is 29.9 Å². The van der Waals surface area contributed by atoms with Gasteiger partial charge < -0.3 is 9.88 Å². The Morgan fingerprint density at radius 1 is 1.39 bits per heavy atom. The SMILES string of the molecule is CCCc1nccn1C1CCC1CNC(C)(C)C. The molecule has 0 bridgehead atoms. The predicted molar refractivity (Wildman–Crippen MR) is 75.7 cm³/mol. The first-order valence-electron chi connectivity index (χ1n) is 7.28. The molecule has 102 valence electrons.